The van der Waals surface area contributed by atoms with Crippen molar-refractivity contribution in [1.29, 1.82) is 5.26 Å². The van der Waals surface area contributed by atoms with E-state index in [9.17, 15) is 14.9 Å². The van der Waals surface area contributed by atoms with Crippen molar-refractivity contribution in [2.24, 2.45) is 5.92 Å². The molecule has 1 aliphatic carbocycles. The van der Waals surface area contributed by atoms with E-state index in [-0.39, 0.29) is 6.61 Å². The summed E-state index contributed by atoms with van der Waals surface area (Å²) < 4.78 is 10.2. The lowest BCUT2D eigenvalue weighted by Gasteiger charge is -2.17. The normalized spacial score (nSPS) is 15.2. The molecule has 1 heterocycles. The Morgan fingerprint density at radius 1 is 1.32 bits per heavy atom. The number of fused-ring (bicyclic) bond motifs is 1. The summed E-state index contributed by atoms with van der Waals surface area (Å²) in [4.78, 5) is 25.0. The molecule has 0 unspecified atom stereocenters. The molecule has 1 atom stereocenters. The number of hydrogen-bond acceptors (Lipinski definition) is 6. The summed E-state index contributed by atoms with van der Waals surface area (Å²) >= 11 is 7.21. The average Bonchev–Trinajstić information content (AvgIpc) is 3.01. The molecule has 1 N–H and O–H groups in total. The highest BCUT2D eigenvalue weighted by Crippen LogP contribution is 2.39. The van der Waals surface area contributed by atoms with E-state index >= 15 is 0 Å². The monoisotopic (exact) mass is 418 g/mol. The molecule has 0 bridgehead atoms. The maximum atomic E-state index is 12.1. The summed E-state index contributed by atoms with van der Waals surface area (Å²) in [6.45, 7) is 1.43. The number of thiophene rings is 1. The van der Waals surface area contributed by atoms with E-state index in [0.29, 0.717) is 27.3 Å². The molecule has 146 valence electrons. The predicted octanol–water partition coefficient (Wildman–Crippen LogP) is 3.96. The Bertz CT molecular complexity index is 918. The molecule has 6 nitrogen and oxygen atoms in total. The van der Waals surface area contributed by atoms with Crippen LogP contribution in [0.1, 0.15) is 29.3 Å². The molecule has 3 rings (SSSR count). The van der Waals surface area contributed by atoms with Crippen LogP contribution in [-0.2, 0) is 27.2 Å². The number of nitriles is 1. The number of halogens is 1. The van der Waals surface area contributed by atoms with Crippen molar-refractivity contribution >= 4 is 39.8 Å². The number of carbonyl (C=O) groups is 2. The van der Waals surface area contributed by atoms with Gasteiger partial charge in [-0.1, -0.05) is 18.5 Å². The minimum atomic E-state index is -0.662. The first-order chi connectivity index (χ1) is 13.5. The molecule has 0 saturated carbocycles. The third kappa shape index (κ3) is 5.03. The SMILES string of the molecule is C[C@H]1CCc2c(sc(NC(=O)COC(=O)COc3ccc(Cl)cc3)c2C#N)C1. The van der Waals surface area contributed by atoms with Crippen LogP contribution in [0.2, 0.25) is 5.02 Å². The van der Waals surface area contributed by atoms with E-state index < -0.39 is 18.5 Å². The van der Waals surface area contributed by atoms with E-state index in [1.807, 2.05) is 0 Å². The minimum absolute atomic E-state index is 0.316. The van der Waals surface area contributed by atoms with E-state index in [0.717, 1.165) is 29.7 Å². The molecule has 0 radical (unpaired) electrons. The number of nitrogens with one attached hydrogen (secondary N) is 1. The fourth-order valence-corrected chi connectivity index (χ4v) is 4.48. The van der Waals surface area contributed by atoms with Gasteiger partial charge in [0.2, 0.25) is 0 Å². The molecule has 28 heavy (non-hydrogen) atoms. The van der Waals surface area contributed by atoms with Crippen LogP contribution >= 0.6 is 22.9 Å². The maximum absolute atomic E-state index is 12.1. The number of amides is 1. The molecule has 0 fully saturated rings. The number of nitrogens with zero attached hydrogens (tertiary/aromatic N) is 1. The number of anilines is 1. The van der Waals surface area contributed by atoms with Crippen molar-refractivity contribution in [3.63, 3.8) is 0 Å². The molecule has 0 spiro atoms. The number of ether oxygens (including phenoxy) is 2. The number of esters is 1. The zero-order chi connectivity index (χ0) is 20.1. The van der Waals surface area contributed by atoms with Gasteiger partial charge < -0.3 is 14.8 Å². The van der Waals surface area contributed by atoms with Gasteiger partial charge in [-0.3, -0.25) is 4.79 Å². The second kappa shape index (κ2) is 9.09. The van der Waals surface area contributed by atoms with Crippen molar-refractivity contribution in [2.75, 3.05) is 18.5 Å². The van der Waals surface area contributed by atoms with Crippen molar-refractivity contribution in [3.05, 3.63) is 45.3 Å². The van der Waals surface area contributed by atoms with E-state index in [2.05, 4.69) is 18.3 Å². The third-order valence-electron chi connectivity index (χ3n) is 4.41. The number of benzene rings is 1. The highest BCUT2D eigenvalue weighted by molar-refractivity contribution is 7.16. The zero-order valence-corrected chi connectivity index (χ0v) is 16.9. The Morgan fingerprint density at radius 3 is 2.79 bits per heavy atom. The second-order valence-corrected chi connectivity index (χ2v) is 8.16. The molecular weight excluding hydrogens is 400 g/mol. The average molecular weight is 419 g/mol. The number of rotatable bonds is 6. The molecular formula is C20H19ClN2O4S. The summed E-state index contributed by atoms with van der Waals surface area (Å²) in [6.07, 6.45) is 2.81. The van der Waals surface area contributed by atoms with Gasteiger partial charge in [0.25, 0.3) is 5.91 Å². The van der Waals surface area contributed by atoms with Crippen molar-refractivity contribution in [2.45, 2.75) is 26.2 Å². The van der Waals surface area contributed by atoms with Gasteiger partial charge in [-0.25, -0.2) is 4.79 Å². The molecule has 1 aliphatic rings. The number of carbonyl (C=O) groups excluding carboxylic acids is 2. The van der Waals surface area contributed by atoms with E-state index in [4.69, 9.17) is 21.1 Å². The Kier molecular flexibility index (Phi) is 6.55. The van der Waals surface area contributed by atoms with Crippen LogP contribution in [0.5, 0.6) is 5.75 Å². The van der Waals surface area contributed by atoms with E-state index in [1.165, 1.54) is 11.3 Å². The second-order valence-electron chi connectivity index (χ2n) is 6.62. The molecule has 1 aromatic carbocycles. The van der Waals surface area contributed by atoms with Crippen LogP contribution in [0.15, 0.2) is 24.3 Å². The first-order valence-electron chi connectivity index (χ1n) is 8.84. The van der Waals surface area contributed by atoms with Crippen molar-refractivity contribution in [1.82, 2.24) is 0 Å². The first kappa shape index (κ1) is 20.2. The van der Waals surface area contributed by atoms with Gasteiger partial charge in [0.1, 0.15) is 16.8 Å². The number of hydrogen-bond donors (Lipinski definition) is 1. The van der Waals surface area contributed by atoms with Crippen LogP contribution in [-0.4, -0.2) is 25.1 Å². The lowest BCUT2D eigenvalue weighted by atomic mass is 9.89. The van der Waals surface area contributed by atoms with Gasteiger partial charge in [-0.2, -0.15) is 5.26 Å². The van der Waals surface area contributed by atoms with E-state index in [1.54, 1.807) is 24.3 Å². The zero-order valence-electron chi connectivity index (χ0n) is 15.3. The van der Waals surface area contributed by atoms with Gasteiger partial charge in [0, 0.05) is 9.90 Å². The maximum Gasteiger partial charge on any atom is 0.344 e. The smallest absolute Gasteiger partial charge is 0.344 e. The lowest BCUT2D eigenvalue weighted by Crippen LogP contribution is -2.23. The van der Waals surface area contributed by atoms with Gasteiger partial charge in [0.05, 0.1) is 5.56 Å². The molecule has 0 saturated heterocycles. The largest absolute Gasteiger partial charge is 0.482 e. The van der Waals surface area contributed by atoms with Crippen LogP contribution < -0.4 is 10.1 Å². The van der Waals surface area contributed by atoms with Gasteiger partial charge in [-0.15, -0.1) is 11.3 Å². The fraction of sp³-hybridized carbons (Fsp3) is 0.350. The van der Waals surface area contributed by atoms with Gasteiger partial charge >= 0.3 is 5.97 Å². The summed E-state index contributed by atoms with van der Waals surface area (Å²) in [5.41, 5.74) is 1.56. The lowest BCUT2D eigenvalue weighted by molar-refractivity contribution is -0.149. The van der Waals surface area contributed by atoms with Crippen LogP contribution in [0.4, 0.5) is 5.00 Å². The molecule has 8 heteroatoms. The highest BCUT2D eigenvalue weighted by Gasteiger charge is 2.24. The molecule has 1 aromatic heterocycles. The van der Waals surface area contributed by atoms with Crippen LogP contribution in [0.3, 0.4) is 0 Å². The Labute approximate surface area is 172 Å². The Balaban J connectivity index is 1.50. The quantitative estimate of drug-likeness (QED) is 0.717. The first-order valence-corrected chi connectivity index (χ1v) is 10.0. The summed E-state index contributed by atoms with van der Waals surface area (Å²) in [6, 6.07) is 8.74. The fourth-order valence-electron chi connectivity index (χ4n) is 2.98. The Hall–Kier alpha value is -2.56. The molecule has 1 amide bonds. The summed E-state index contributed by atoms with van der Waals surface area (Å²) in [7, 11) is 0. The van der Waals surface area contributed by atoms with Crippen LogP contribution in [0.25, 0.3) is 0 Å². The molecule has 2 aromatic rings. The molecule has 0 aliphatic heterocycles. The minimum Gasteiger partial charge on any atom is -0.482 e. The topological polar surface area (TPSA) is 88.4 Å². The highest BCUT2D eigenvalue weighted by atomic mass is 35.5. The van der Waals surface area contributed by atoms with Gasteiger partial charge in [0.15, 0.2) is 13.2 Å². The summed E-state index contributed by atoms with van der Waals surface area (Å²) in [5, 5.41) is 13.2. The Morgan fingerprint density at radius 2 is 2.07 bits per heavy atom. The third-order valence-corrected chi connectivity index (χ3v) is 5.83. The predicted molar refractivity (Wildman–Crippen MR) is 107 cm³/mol. The van der Waals surface area contributed by atoms with Crippen molar-refractivity contribution < 1.29 is 19.1 Å². The standard InChI is InChI=1S/C20H19ClN2O4S/c1-12-2-7-15-16(9-22)20(28-17(15)8-12)23-18(24)10-27-19(25)11-26-14-5-3-13(21)4-6-14/h3-6,12H,2,7-8,10-11H2,1H3,(H,23,24)/t12-/m0/s1. The summed E-state index contributed by atoms with van der Waals surface area (Å²) in [5.74, 6) is -0.0985. The van der Waals surface area contributed by atoms with Crippen LogP contribution in [0, 0.1) is 17.2 Å². The van der Waals surface area contributed by atoms with Gasteiger partial charge in [-0.05, 0) is 55.0 Å². The van der Waals surface area contributed by atoms with Crippen molar-refractivity contribution in [3.8, 4) is 11.8 Å².